The van der Waals surface area contributed by atoms with E-state index in [1.807, 2.05) is 12.1 Å². The van der Waals surface area contributed by atoms with Crippen LogP contribution in [0, 0.1) is 0 Å². The molecule has 0 aliphatic heterocycles. The van der Waals surface area contributed by atoms with E-state index < -0.39 is 12.2 Å². The molecule has 0 aromatic heterocycles. The molecule has 2 aromatic carbocycles. The quantitative estimate of drug-likeness (QED) is 0.790. The first-order valence-electron chi connectivity index (χ1n) is 4.79. The van der Waals surface area contributed by atoms with Gasteiger partial charge in [0.05, 0.1) is 0 Å². The number of nitrogens with two attached hydrogens (primary N) is 1. The highest BCUT2D eigenvalue weighted by atomic mass is 19.4. The van der Waals surface area contributed by atoms with Crippen molar-refractivity contribution < 1.29 is 13.2 Å². The molecular formula is C12H10F3N. The van der Waals surface area contributed by atoms with E-state index in [-0.39, 0.29) is 5.56 Å². The van der Waals surface area contributed by atoms with Crippen molar-refractivity contribution in [2.75, 3.05) is 0 Å². The normalized spacial score (nSPS) is 14.0. The average molecular weight is 225 g/mol. The second-order valence-corrected chi connectivity index (χ2v) is 3.63. The van der Waals surface area contributed by atoms with Gasteiger partial charge in [0.25, 0.3) is 0 Å². The van der Waals surface area contributed by atoms with Gasteiger partial charge in [0.2, 0.25) is 0 Å². The molecule has 0 fully saturated rings. The summed E-state index contributed by atoms with van der Waals surface area (Å²) in [5, 5.41) is 1.67. The largest absolute Gasteiger partial charge is 0.407 e. The van der Waals surface area contributed by atoms with Crippen molar-refractivity contribution in [3.63, 3.8) is 0 Å². The fraction of sp³-hybridized carbons (Fsp3) is 0.167. The van der Waals surface area contributed by atoms with Crippen LogP contribution in [-0.4, -0.2) is 6.18 Å². The van der Waals surface area contributed by atoms with Crippen molar-refractivity contribution in [1.82, 2.24) is 0 Å². The zero-order chi connectivity index (χ0) is 11.8. The van der Waals surface area contributed by atoms with Gasteiger partial charge in [-0.3, -0.25) is 0 Å². The van der Waals surface area contributed by atoms with Gasteiger partial charge in [-0.2, -0.15) is 13.2 Å². The Morgan fingerprint density at radius 3 is 2.19 bits per heavy atom. The van der Waals surface area contributed by atoms with E-state index >= 15 is 0 Å². The third-order valence-electron chi connectivity index (χ3n) is 2.49. The van der Waals surface area contributed by atoms with Crippen LogP contribution in [-0.2, 0) is 0 Å². The predicted octanol–water partition coefficient (Wildman–Crippen LogP) is 3.40. The smallest absolute Gasteiger partial charge is 0.316 e. The summed E-state index contributed by atoms with van der Waals surface area (Å²) in [5.41, 5.74) is 5.23. The maximum atomic E-state index is 12.4. The van der Waals surface area contributed by atoms with Gasteiger partial charge in [-0.1, -0.05) is 36.4 Å². The molecule has 1 unspecified atom stereocenters. The Labute approximate surface area is 90.7 Å². The summed E-state index contributed by atoms with van der Waals surface area (Å²) in [6.45, 7) is 0. The van der Waals surface area contributed by atoms with Crippen molar-refractivity contribution in [2.45, 2.75) is 12.2 Å². The Kier molecular flexibility index (Phi) is 2.59. The van der Waals surface area contributed by atoms with Gasteiger partial charge in [0.1, 0.15) is 6.04 Å². The minimum Gasteiger partial charge on any atom is -0.316 e. The lowest BCUT2D eigenvalue weighted by molar-refractivity contribution is -0.149. The molecule has 0 saturated carbocycles. The Morgan fingerprint density at radius 1 is 0.938 bits per heavy atom. The summed E-state index contributed by atoms with van der Waals surface area (Å²) >= 11 is 0. The molecule has 2 aromatic rings. The van der Waals surface area contributed by atoms with E-state index in [9.17, 15) is 13.2 Å². The van der Waals surface area contributed by atoms with Gasteiger partial charge < -0.3 is 5.73 Å². The molecule has 2 rings (SSSR count). The molecule has 0 saturated heterocycles. The molecular weight excluding hydrogens is 215 g/mol. The Bertz CT molecular complexity index is 505. The second kappa shape index (κ2) is 3.79. The maximum absolute atomic E-state index is 12.4. The van der Waals surface area contributed by atoms with E-state index in [2.05, 4.69) is 0 Å². The molecule has 0 radical (unpaired) electrons. The van der Waals surface area contributed by atoms with Crippen molar-refractivity contribution >= 4 is 10.8 Å². The van der Waals surface area contributed by atoms with Gasteiger partial charge in [0, 0.05) is 0 Å². The lowest BCUT2D eigenvalue weighted by atomic mass is 10.0. The van der Waals surface area contributed by atoms with Crippen LogP contribution < -0.4 is 5.73 Å². The number of alkyl halides is 3. The van der Waals surface area contributed by atoms with E-state index in [1.165, 1.54) is 12.1 Å². The van der Waals surface area contributed by atoms with Crippen molar-refractivity contribution in [1.29, 1.82) is 0 Å². The Balaban J connectivity index is 2.47. The lowest BCUT2D eigenvalue weighted by Crippen LogP contribution is -2.28. The van der Waals surface area contributed by atoms with Crippen LogP contribution in [0.5, 0.6) is 0 Å². The first-order chi connectivity index (χ1) is 7.48. The summed E-state index contributed by atoms with van der Waals surface area (Å²) < 4.78 is 37.2. The third kappa shape index (κ3) is 2.02. The molecule has 0 amide bonds. The predicted molar refractivity (Wildman–Crippen MR) is 56.9 cm³/mol. The summed E-state index contributed by atoms with van der Waals surface area (Å²) in [4.78, 5) is 0. The molecule has 0 bridgehead atoms. The molecule has 1 nitrogen and oxygen atoms in total. The third-order valence-corrected chi connectivity index (χ3v) is 2.49. The number of fused-ring (bicyclic) bond motifs is 1. The first-order valence-corrected chi connectivity index (χ1v) is 4.79. The van der Waals surface area contributed by atoms with E-state index in [4.69, 9.17) is 5.73 Å². The van der Waals surface area contributed by atoms with Gasteiger partial charge in [0.15, 0.2) is 0 Å². The number of benzene rings is 2. The van der Waals surface area contributed by atoms with Crippen LogP contribution in [0.1, 0.15) is 11.6 Å². The molecule has 0 aliphatic rings. The molecule has 0 spiro atoms. The van der Waals surface area contributed by atoms with Crippen LogP contribution in [0.25, 0.3) is 10.8 Å². The maximum Gasteiger partial charge on any atom is 0.407 e. The second-order valence-electron chi connectivity index (χ2n) is 3.63. The summed E-state index contributed by atoms with van der Waals surface area (Å²) in [5.74, 6) is 0. The summed E-state index contributed by atoms with van der Waals surface area (Å²) in [7, 11) is 0. The fourth-order valence-electron chi connectivity index (χ4n) is 1.59. The van der Waals surface area contributed by atoms with Crippen LogP contribution in [0.3, 0.4) is 0 Å². The minimum absolute atomic E-state index is 0.0891. The number of halogens is 3. The standard InChI is InChI=1S/C12H10F3N/c13-12(14,15)11(16)10-6-5-8-3-1-2-4-9(8)7-10/h1-7,11H,16H2. The Morgan fingerprint density at radius 2 is 1.56 bits per heavy atom. The molecule has 2 N–H and O–H groups in total. The zero-order valence-electron chi connectivity index (χ0n) is 8.33. The Hall–Kier alpha value is -1.55. The summed E-state index contributed by atoms with van der Waals surface area (Å²) in [6.07, 6.45) is -4.40. The molecule has 0 heterocycles. The highest BCUT2D eigenvalue weighted by Gasteiger charge is 2.37. The van der Waals surface area contributed by atoms with E-state index in [0.29, 0.717) is 0 Å². The van der Waals surface area contributed by atoms with Gasteiger partial charge in [-0.15, -0.1) is 0 Å². The first kappa shape index (κ1) is 11.0. The van der Waals surface area contributed by atoms with E-state index in [1.54, 1.807) is 18.2 Å². The minimum atomic E-state index is -4.40. The van der Waals surface area contributed by atoms with Crippen molar-refractivity contribution in [3.8, 4) is 0 Å². The zero-order valence-corrected chi connectivity index (χ0v) is 8.33. The molecule has 4 heteroatoms. The molecule has 16 heavy (non-hydrogen) atoms. The number of rotatable bonds is 1. The van der Waals surface area contributed by atoms with Crippen LogP contribution in [0.15, 0.2) is 42.5 Å². The highest BCUT2D eigenvalue weighted by molar-refractivity contribution is 5.83. The van der Waals surface area contributed by atoms with Gasteiger partial charge in [-0.25, -0.2) is 0 Å². The average Bonchev–Trinajstić information content (AvgIpc) is 2.26. The van der Waals surface area contributed by atoms with Crippen LogP contribution >= 0.6 is 0 Å². The molecule has 84 valence electrons. The van der Waals surface area contributed by atoms with E-state index in [0.717, 1.165) is 10.8 Å². The number of hydrogen-bond acceptors (Lipinski definition) is 1. The van der Waals surface area contributed by atoms with Crippen molar-refractivity contribution in [2.24, 2.45) is 5.73 Å². The lowest BCUT2D eigenvalue weighted by Gasteiger charge is -2.16. The van der Waals surface area contributed by atoms with Gasteiger partial charge >= 0.3 is 6.18 Å². The molecule has 0 aliphatic carbocycles. The molecule has 1 atom stereocenters. The monoisotopic (exact) mass is 225 g/mol. The topological polar surface area (TPSA) is 26.0 Å². The van der Waals surface area contributed by atoms with Crippen molar-refractivity contribution in [3.05, 3.63) is 48.0 Å². The summed E-state index contributed by atoms with van der Waals surface area (Å²) in [6, 6.07) is 9.86. The fourth-order valence-corrected chi connectivity index (χ4v) is 1.59. The van der Waals surface area contributed by atoms with Gasteiger partial charge in [-0.05, 0) is 22.4 Å². The number of hydrogen-bond donors (Lipinski definition) is 1. The SMILES string of the molecule is NC(c1ccc2ccccc2c1)C(F)(F)F. The highest BCUT2D eigenvalue weighted by Crippen LogP contribution is 2.31. The van der Waals surface area contributed by atoms with Crippen LogP contribution in [0.4, 0.5) is 13.2 Å². The van der Waals surface area contributed by atoms with Crippen LogP contribution in [0.2, 0.25) is 0 Å².